The van der Waals surface area contributed by atoms with Crippen molar-refractivity contribution in [3.05, 3.63) is 23.2 Å². The molecule has 7 heteroatoms. The quantitative estimate of drug-likeness (QED) is 0.793. The van der Waals surface area contributed by atoms with Gasteiger partial charge in [-0.2, -0.15) is 0 Å². The van der Waals surface area contributed by atoms with Gasteiger partial charge in [-0.15, -0.1) is 12.4 Å². The minimum atomic E-state index is -0.202. The number of hydrogen-bond acceptors (Lipinski definition) is 3. The highest BCUT2D eigenvalue weighted by Crippen LogP contribution is 2.25. The first-order valence-electron chi connectivity index (χ1n) is 5.10. The fourth-order valence-electron chi connectivity index (χ4n) is 1.24. The van der Waals surface area contributed by atoms with Crippen LogP contribution in [0.3, 0.4) is 0 Å². The smallest absolute Gasteiger partial charge is 0.225 e. The average molecular weight is 292 g/mol. The fraction of sp³-hybridized carbons (Fsp3) is 0.273. The zero-order chi connectivity index (χ0) is 12.8. The van der Waals surface area contributed by atoms with Gasteiger partial charge in [-0.05, 0) is 18.2 Å². The molecule has 1 rings (SSSR count). The lowest BCUT2D eigenvalue weighted by Gasteiger charge is -2.08. The minimum Gasteiger partial charge on any atom is -0.330 e. The topological polar surface area (TPSA) is 84.2 Å². The highest BCUT2D eigenvalue weighted by molar-refractivity contribution is 6.34. The van der Waals surface area contributed by atoms with Crippen molar-refractivity contribution >= 4 is 47.2 Å². The van der Waals surface area contributed by atoms with E-state index in [1.807, 2.05) is 0 Å². The zero-order valence-corrected chi connectivity index (χ0v) is 11.4. The standard InChI is InChI=1S/C11H14ClN3O2.ClH/c1-7(16)14-10-3-2-8(6-9(10)12)15-11(17)4-5-13;/h2-3,6H,4-5,13H2,1H3,(H,14,16)(H,15,17);1H. The molecule has 1 aromatic carbocycles. The summed E-state index contributed by atoms with van der Waals surface area (Å²) >= 11 is 5.94. The van der Waals surface area contributed by atoms with Gasteiger partial charge in [0.05, 0.1) is 10.7 Å². The Morgan fingerprint density at radius 3 is 2.50 bits per heavy atom. The molecule has 0 aliphatic carbocycles. The Hall–Kier alpha value is -1.30. The number of benzene rings is 1. The molecule has 0 aromatic heterocycles. The van der Waals surface area contributed by atoms with E-state index in [0.29, 0.717) is 22.9 Å². The Balaban J connectivity index is 0.00000289. The summed E-state index contributed by atoms with van der Waals surface area (Å²) < 4.78 is 0. The third-order valence-electron chi connectivity index (χ3n) is 1.93. The maximum absolute atomic E-state index is 11.3. The Morgan fingerprint density at radius 1 is 1.33 bits per heavy atom. The van der Waals surface area contributed by atoms with Crippen LogP contribution in [0.5, 0.6) is 0 Å². The van der Waals surface area contributed by atoms with Crippen molar-refractivity contribution in [3.8, 4) is 0 Å². The van der Waals surface area contributed by atoms with Crippen LogP contribution in [-0.4, -0.2) is 18.4 Å². The predicted molar refractivity (Wildman–Crippen MR) is 75.3 cm³/mol. The normalized spacial score (nSPS) is 9.28. The van der Waals surface area contributed by atoms with Crippen molar-refractivity contribution in [1.29, 1.82) is 0 Å². The molecule has 18 heavy (non-hydrogen) atoms. The van der Waals surface area contributed by atoms with Crippen molar-refractivity contribution in [2.45, 2.75) is 13.3 Å². The van der Waals surface area contributed by atoms with Crippen molar-refractivity contribution in [1.82, 2.24) is 0 Å². The van der Waals surface area contributed by atoms with Gasteiger partial charge >= 0.3 is 0 Å². The molecule has 0 saturated carbocycles. The molecule has 0 spiro atoms. The van der Waals surface area contributed by atoms with Gasteiger partial charge in [-0.3, -0.25) is 9.59 Å². The fourth-order valence-corrected chi connectivity index (χ4v) is 1.47. The number of anilines is 2. The second kappa shape index (κ2) is 7.92. The molecule has 0 saturated heterocycles. The van der Waals surface area contributed by atoms with Crippen LogP contribution < -0.4 is 16.4 Å². The Bertz CT molecular complexity index is 438. The maximum atomic E-state index is 11.3. The molecule has 4 N–H and O–H groups in total. The van der Waals surface area contributed by atoms with Crippen LogP contribution in [0.4, 0.5) is 11.4 Å². The molecule has 0 bridgehead atoms. The van der Waals surface area contributed by atoms with Crippen molar-refractivity contribution in [2.75, 3.05) is 17.2 Å². The molecule has 100 valence electrons. The number of carbonyl (C=O) groups excluding carboxylic acids is 2. The number of rotatable bonds is 4. The second-order valence-electron chi connectivity index (χ2n) is 3.46. The van der Waals surface area contributed by atoms with Gasteiger partial charge in [-0.1, -0.05) is 11.6 Å². The van der Waals surface area contributed by atoms with Crippen LogP contribution in [0.25, 0.3) is 0 Å². The molecule has 0 atom stereocenters. The lowest BCUT2D eigenvalue weighted by atomic mass is 10.2. The number of carbonyl (C=O) groups is 2. The first-order valence-corrected chi connectivity index (χ1v) is 5.48. The molecule has 0 aliphatic heterocycles. The average Bonchev–Trinajstić information content (AvgIpc) is 2.22. The van der Waals surface area contributed by atoms with Crippen LogP contribution in [0.15, 0.2) is 18.2 Å². The Morgan fingerprint density at radius 2 is 2.00 bits per heavy atom. The van der Waals surface area contributed by atoms with Crippen molar-refractivity contribution < 1.29 is 9.59 Å². The van der Waals surface area contributed by atoms with Gasteiger partial charge < -0.3 is 16.4 Å². The third-order valence-corrected chi connectivity index (χ3v) is 2.25. The zero-order valence-electron chi connectivity index (χ0n) is 9.83. The summed E-state index contributed by atoms with van der Waals surface area (Å²) in [6.45, 7) is 1.69. The van der Waals surface area contributed by atoms with Crippen LogP contribution in [0, 0.1) is 0 Å². The summed E-state index contributed by atoms with van der Waals surface area (Å²) in [6.07, 6.45) is 0.255. The summed E-state index contributed by atoms with van der Waals surface area (Å²) in [5.74, 6) is -0.373. The summed E-state index contributed by atoms with van der Waals surface area (Å²) in [5.41, 5.74) is 6.34. The molecule has 5 nitrogen and oxygen atoms in total. The lowest BCUT2D eigenvalue weighted by molar-refractivity contribution is -0.116. The van der Waals surface area contributed by atoms with Crippen LogP contribution in [-0.2, 0) is 9.59 Å². The summed E-state index contributed by atoms with van der Waals surface area (Å²) in [4.78, 5) is 22.1. The highest BCUT2D eigenvalue weighted by Gasteiger charge is 2.05. The summed E-state index contributed by atoms with van der Waals surface area (Å²) in [7, 11) is 0. The molecule has 0 unspecified atom stereocenters. The monoisotopic (exact) mass is 291 g/mol. The molecule has 2 amide bonds. The van der Waals surface area contributed by atoms with E-state index in [0.717, 1.165) is 0 Å². The molecule has 0 heterocycles. The second-order valence-corrected chi connectivity index (χ2v) is 3.87. The van der Waals surface area contributed by atoms with E-state index in [2.05, 4.69) is 10.6 Å². The van der Waals surface area contributed by atoms with Gasteiger partial charge in [0.25, 0.3) is 0 Å². The maximum Gasteiger partial charge on any atom is 0.225 e. The van der Waals surface area contributed by atoms with Crippen LogP contribution in [0.2, 0.25) is 5.02 Å². The van der Waals surface area contributed by atoms with Gasteiger partial charge in [0.2, 0.25) is 11.8 Å². The van der Waals surface area contributed by atoms with Gasteiger partial charge in [0.1, 0.15) is 0 Å². The van der Waals surface area contributed by atoms with Crippen LogP contribution in [0.1, 0.15) is 13.3 Å². The molecule has 0 fully saturated rings. The number of nitrogens with two attached hydrogens (primary N) is 1. The van der Waals surface area contributed by atoms with Gasteiger partial charge in [-0.25, -0.2) is 0 Å². The minimum absolute atomic E-state index is 0. The molecule has 0 radical (unpaired) electrons. The van der Waals surface area contributed by atoms with Gasteiger partial charge in [0, 0.05) is 25.6 Å². The molecule has 1 aromatic rings. The number of nitrogens with one attached hydrogen (secondary N) is 2. The predicted octanol–water partition coefficient (Wildman–Crippen LogP) is 2.01. The van der Waals surface area contributed by atoms with Crippen LogP contribution >= 0.6 is 24.0 Å². The first kappa shape index (κ1) is 16.7. The van der Waals surface area contributed by atoms with E-state index in [9.17, 15) is 9.59 Å². The van der Waals surface area contributed by atoms with E-state index in [-0.39, 0.29) is 30.6 Å². The van der Waals surface area contributed by atoms with E-state index in [1.165, 1.54) is 6.92 Å². The number of amides is 2. The van der Waals surface area contributed by atoms with E-state index in [1.54, 1.807) is 18.2 Å². The molecular weight excluding hydrogens is 277 g/mol. The largest absolute Gasteiger partial charge is 0.330 e. The number of hydrogen-bond donors (Lipinski definition) is 3. The first-order chi connectivity index (χ1) is 8.02. The third kappa shape index (κ3) is 5.35. The van der Waals surface area contributed by atoms with E-state index in [4.69, 9.17) is 17.3 Å². The summed E-state index contributed by atoms with van der Waals surface area (Å²) in [5, 5.41) is 5.59. The number of halogens is 2. The van der Waals surface area contributed by atoms with E-state index >= 15 is 0 Å². The van der Waals surface area contributed by atoms with Gasteiger partial charge in [0.15, 0.2) is 0 Å². The lowest BCUT2D eigenvalue weighted by Crippen LogP contribution is -2.16. The Labute approximate surface area is 116 Å². The van der Waals surface area contributed by atoms with Crippen molar-refractivity contribution in [2.24, 2.45) is 5.73 Å². The SMILES string of the molecule is CC(=O)Nc1ccc(NC(=O)CCN)cc1Cl.Cl. The Kier molecular flexibility index (Phi) is 7.35. The van der Waals surface area contributed by atoms with E-state index < -0.39 is 0 Å². The van der Waals surface area contributed by atoms with Crippen molar-refractivity contribution in [3.63, 3.8) is 0 Å². The summed E-state index contributed by atoms with van der Waals surface area (Å²) in [6, 6.07) is 4.86. The highest BCUT2D eigenvalue weighted by atomic mass is 35.5. The molecular formula is C11H15Cl2N3O2. The molecule has 0 aliphatic rings.